The van der Waals surface area contributed by atoms with Gasteiger partial charge in [-0.2, -0.15) is 21.0 Å². The van der Waals surface area contributed by atoms with Crippen LogP contribution in [0.15, 0.2) is 0 Å². The van der Waals surface area contributed by atoms with Gasteiger partial charge in [0.25, 0.3) is 0 Å². The van der Waals surface area contributed by atoms with Crippen molar-refractivity contribution in [1.29, 1.82) is 0 Å². The van der Waals surface area contributed by atoms with Crippen molar-refractivity contribution in [2.45, 2.75) is 148 Å². The van der Waals surface area contributed by atoms with E-state index in [1.807, 2.05) is 0 Å². The molecule has 0 bridgehead atoms. The summed E-state index contributed by atoms with van der Waals surface area (Å²) < 4.78 is 33.2. The van der Waals surface area contributed by atoms with Crippen molar-refractivity contribution >= 4 is 23.0 Å². The summed E-state index contributed by atoms with van der Waals surface area (Å²) in [5.41, 5.74) is 0. The number of hydrogen-bond donors (Lipinski definition) is 2. The van der Waals surface area contributed by atoms with Gasteiger partial charge in [0.15, 0.2) is 0 Å². The Morgan fingerprint density at radius 3 is 1.35 bits per heavy atom. The molecule has 4 nitrogen and oxygen atoms in total. The van der Waals surface area contributed by atoms with Gasteiger partial charge >= 0.3 is 40.0 Å². The van der Waals surface area contributed by atoms with Crippen LogP contribution in [0, 0.1) is 0 Å². The van der Waals surface area contributed by atoms with Crippen LogP contribution in [0.2, 0.25) is 0 Å². The van der Waals surface area contributed by atoms with E-state index < -0.39 is 10.4 Å². The van der Waals surface area contributed by atoms with E-state index in [9.17, 15) is 8.42 Å². The zero-order valence-corrected chi connectivity index (χ0v) is 25.2. The molecule has 7 heteroatoms. The normalized spacial score (nSPS) is 11.5. The smallest absolute Gasteiger partial charge is 1.00 e. The molecule has 0 aromatic heterocycles. The van der Waals surface area contributed by atoms with Crippen LogP contribution in [-0.2, 0) is 14.6 Å². The maximum absolute atomic E-state index is 10.2. The van der Waals surface area contributed by atoms with E-state index in [0.717, 1.165) is 12.8 Å². The van der Waals surface area contributed by atoms with Crippen molar-refractivity contribution in [2.75, 3.05) is 6.61 Å². The quantitative estimate of drug-likeness (QED) is 0.0993. The minimum absolute atomic E-state index is 0. The van der Waals surface area contributed by atoms with Gasteiger partial charge in [0.1, 0.15) is 0 Å². The monoisotopic (exact) mass is 492 g/mol. The van der Waals surface area contributed by atoms with Crippen LogP contribution in [0.5, 0.6) is 0 Å². The summed E-state index contributed by atoms with van der Waals surface area (Å²) in [5, 5.41) is 0. The molecule has 0 fully saturated rings. The molecule has 0 aliphatic carbocycles. The molecule has 0 atom stereocenters. The second kappa shape index (κ2) is 25.8. The van der Waals surface area contributed by atoms with E-state index in [4.69, 9.17) is 4.55 Å². The molecule has 186 valence electrons. The van der Waals surface area contributed by atoms with Crippen LogP contribution in [0.3, 0.4) is 0 Å². The number of hydrogen-bond acceptors (Lipinski definition) is 4. The fourth-order valence-corrected chi connectivity index (χ4v) is 3.76. The molecular weight excluding hydrogens is 439 g/mol. The minimum atomic E-state index is -4.23. The largest absolute Gasteiger partial charge is 1.00 e. The van der Waals surface area contributed by atoms with Crippen molar-refractivity contribution < 1.29 is 48.1 Å². The predicted octanol–water partition coefficient (Wildman–Crippen LogP) is 5.68. The number of rotatable bonds is 20. The summed E-state index contributed by atoms with van der Waals surface area (Å²) in [6, 6.07) is 0. The summed E-state index contributed by atoms with van der Waals surface area (Å²) in [6.07, 6.45) is 22.9. The Balaban J connectivity index is -0.000000238. The molecular formula is C24H53NaO4S2. The number of unbranched alkanes of at least 4 members (excludes halogenated alkanes) is 15. The molecule has 0 aromatic carbocycles. The van der Waals surface area contributed by atoms with Gasteiger partial charge in [-0.15, -0.1) is 0 Å². The van der Waals surface area contributed by atoms with Gasteiger partial charge in [-0.3, -0.25) is 4.55 Å². The predicted molar refractivity (Wildman–Crippen MR) is 136 cm³/mol. The van der Waals surface area contributed by atoms with Gasteiger partial charge < -0.3 is 1.43 Å². The molecule has 0 rings (SSSR count). The Morgan fingerprint density at radius 1 is 0.710 bits per heavy atom. The van der Waals surface area contributed by atoms with Gasteiger partial charge in [-0.25, -0.2) is 4.18 Å². The maximum Gasteiger partial charge on any atom is 1.00 e. The van der Waals surface area contributed by atoms with E-state index >= 15 is 0 Å². The second-order valence-corrected chi connectivity index (χ2v) is 11.4. The van der Waals surface area contributed by atoms with Gasteiger partial charge in [0.05, 0.1) is 6.61 Å². The Hall–Kier alpha value is 1.22. The SMILES string of the molecule is CCCCCCCCCC(C)(C)S.CCCCCCCCCCCCOS(=O)(=O)O.[H-].[Na+]. The van der Waals surface area contributed by atoms with Crippen LogP contribution in [0.1, 0.15) is 145 Å². The van der Waals surface area contributed by atoms with Crippen molar-refractivity contribution in [1.82, 2.24) is 0 Å². The van der Waals surface area contributed by atoms with E-state index in [2.05, 4.69) is 44.5 Å². The summed E-state index contributed by atoms with van der Waals surface area (Å²) in [5.74, 6) is 0. The molecule has 31 heavy (non-hydrogen) atoms. The first-order valence-electron chi connectivity index (χ1n) is 12.5. The molecule has 0 unspecified atom stereocenters. The summed E-state index contributed by atoms with van der Waals surface area (Å²) >= 11 is 4.51. The Kier molecular flexibility index (Phi) is 30.7. The average Bonchev–Trinajstić information content (AvgIpc) is 2.64. The minimum Gasteiger partial charge on any atom is -1.00 e. The fourth-order valence-electron chi connectivity index (χ4n) is 3.27. The Morgan fingerprint density at radius 2 is 1.03 bits per heavy atom. The van der Waals surface area contributed by atoms with Crippen LogP contribution in [-0.4, -0.2) is 24.3 Å². The third-order valence-electron chi connectivity index (χ3n) is 5.12. The molecule has 0 amide bonds. The van der Waals surface area contributed by atoms with E-state index in [0.29, 0.717) is 6.42 Å². The van der Waals surface area contributed by atoms with Gasteiger partial charge in [0.2, 0.25) is 0 Å². The van der Waals surface area contributed by atoms with Crippen LogP contribution >= 0.6 is 12.6 Å². The number of thiol groups is 1. The maximum atomic E-state index is 10.2. The van der Waals surface area contributed by atoms with Crippen molar-refractivity contribution in [3.63, 3.8) is 0 Å². The Labute approximate surface area is 224 Å². The topological polar surface area (TPSA) is 63.6 Å². The van der Waals surface area contributed by atoms with Gasteiger partial charge in [0, 0.05) is 4.75 Å². The van der Waals surface area contributed by atoms with Crippen molar-refractivity contribution in [2.24, 2.45) is 0 Å². The van der Waals surface area contributed by atoms with E-state index in [-0.39, 0.29) is 42.3 Å². The third-order valence-corrected chi connectivity index (χ3v) is 5.81. The third kappa shape index (κ3) is 41.9. The first kappa shape index (κ1) is 36.8. The van der Waals surface area contributed by atoms with Gasteiger partial charge in [-0.1, -0.05) is 130 Å². The summed E-state index contributed by atoms with van der Waals surface area (Å²) in [7, 11) is -4.23. The fraction of sp³-hybridized carbons (Fsp3) is 1.00. The van der Waals surface area contributed by atoms with Crippen LogP contribution in [0.4, 0.5) is 0 Å². The Bertz CT molecular complexity index is 444. The first-order chi connectivity index (χ1) is 14.1. The molecule has 0 saturated heterocycles. The molecule has 0 spiro atoms. The van der Waals surface area contributed by atoms with E-state index in [1.54, 1.807) is 0 Å². The van der Waals surface area contributed by atoms with Crippen molar-refractivity contribution in [3.8, 4) is 0 Å². The zero-order valence-electron chi connectivity index (χ0n) is 22.5. The summed E-state index contributed by atoms with van der Waals surface area (Å²) in [6.45, 7) is 8.98. The van der Waals surface area contributed by atoms with E-state index in [1.165, 1.54) is 96.3 Å². The molecule has 0 aliphatic rings. The van der Waals surface area contributed by atoms with Crippen LogP contribution < -0.4 is 29.6 Å². The standard InChI is InChI=1S/C12H26O4S.C12H26S.Na.H/c1-2-3-4-5-6-7-8-9-10-11-12-16-17(13,14)15;1-4-5-6-7-8-9-10-11-12(2,3)13;;/h2-12H2,1H3,(H,13,14,15);13H,4-11H2,1-3H3;;/q;;+1;-1. The van der Waals surface area contributed by atoms with Gasteiger partial charge in [-0.05, 0) is 12.8 Å². The first-order valence-corrected chi connectivity index (χ1v) is 14.3. The summed E-state index contributed by atoms with van der Waals surface area (Å²) in [4.78, 5) is 0. The molecule has 1 N–H and O–H groups in total. The second-order valence-electron chi connectivity index (χ2n) is 9.12. The molecule has 0 heterocycles. The molecule has 0 aromatic rings. The molecule has 0 radical (unpaired) electrons. The molecule has 0 saturated carbocycles. The van der Waals surface area contributed by atoms with Crippen LogP contribution in [0.25, 0.3) is 0 Å². The molecule has 0 aliphatic heterocycles. The zero-order chi connectivity index (χ0) is 23.1. The average molecular weight is 493 g/mol. The van der Waals surface area contributed by atoms with Crippen molar-refractivity contribution in [3.05, 3.63) is 0 Å².